The highest BCUT2D eigenvalue weighted by atomic mass is 32.2. The highest BCUT2D eigenvalue weighted by Gasteiger charge is 2.58. The minimum absolute atomic E-state index is 0.221. The van der Waals surface area contributed by atoms with Crippen LogP contribution in [0.15, 0.2) is 35.2 Å². The van der Waals surface area contributed by atoms with E-state index in [0.29, 0.717) is 6.42 Å². The van der Waals surface area contributed by atoms with Crippen molar-refractivity contribution in [2.24, 2.45) is 5.92 Å². The van der Waals surface area contributed by atoms with Crippen LogP contribution in [0.4, 0.5) is 0 Å². The van der Waals surface area contributed by atoms with Gasteiger partial charge in [0.2, 0.25) is 0 Å². The van der Waals surface area contributed by atoms with Crippen molar-refractivity contribution in [2.75, 3.05) is 19.8 Å². The Labute approximate surface area is 290 Å². The van der Waals surface area contributed by atoms with E-state index in [0.717, 1.165) is 4.90 Å². The number of thioether (sulfide) groups is 1. The zero-order chi connectivity index (χ0) is 36.3. The van der Waals surface area contributed by atoms with Crippen LogP contribution in [-0.4, -0.2) is 167 Å². The Bertz CT molecular complexity index is 1150. The molecule has 10 N–H and O–H groups in total. The van der Waals surface area contributed by atoms with Crippen molar-refractivity contribution in [1.29, 1.82) is 0 Å². The summed E-state index contributed by atoms with van der Waals surface area (Å²) in [6.07, 6.45) is -18.8. The van der Waals surface area contributed by atoms with Crippen LogP contribution in [0.1, 0.15) is 47.0 Å². The molecule has 0 radical (unpaired) electrons. The second-order valence-electron chi connectivity index (χ2n) is 13.2. The molecular weight excluding hydrogens is 668 g/mol. The highest BCUT2D eigenvalue weighted by Crippen LogP contribution is 2.41. The van der Waals surface area contributed by atoms with Crippen LogP contribution in [0.3, 0.4) is 0 Å². The van der Waals surface area contributed by atoms with E-state index in [-0.39, 0.29) is 19.4 Å². The Kier molecular flexibility index (Phi) is 14.3. The lowest BCUT2D eigenvalue weighted by Crippen LogP contribution is -2.70. The predicted octanol–water partition coefficient (Wildman–Crippen LogP) is -1.76. The first-order chi connectivity index (χ1) is 23.2. The van der Waals surface area contributed by atoms with Gasteiger partial charge in [0.1, 0.15) is 84.8 Å². The molecule has 15 nitrogen and oxygen atoms in total. The van der Waals surface area contributed by atoms with Crippen molar-refractivity contribution in [2.45, 2.75) is 148 Å². The molecule has 16 atom stereocenters. The van der Waals surface area contributed by atoms with E-state index in [4.69, 9.17) is 23.7 Å². The third-order valence-electron chi connectivity index (χ3n) is 10.4. The smallest absolute Gasteiger partial charge is 0.200 e. The van der Waals surface area contributed by atoms with Crippen LogP contribution in [-0.2, 0) is 23.7 Å². The van der Waals surface area contributed by atoms with E-state index in [1.165, 1.54) is 11.8 Å². The predicted molar refractivity (Wildman–Crippen MR) is 173 cm³/mol. The third-order valence-corrected chi connectivity index (χ3v) is 11.5. The van der Waals surface area contributed by atoms with E-state index in [2.05, 4.69) is 0 Å². The number of rotatable bonds is 14. The maximum Gasteiger partial charge on any atom is 0.200 e. The Balaban J connectivity index is 1.53. The first kappa shape index (κ1) is 40.7. The van der Waals surface area contributed by atoms with Gasteiger partial charge in [-0.3, -0.25) is 0 Å². The topological polar surface area (TPSA) is 248 Å². The number of aliphatic hydroxyl groups excluding tert-OH is 10. The van der Waals surface area contributed by atoms with E-state index < -0.39 is 115 Å². The summed E-state index contributed by atoms with van der Waals surface area (Å²) in [4.78, 5) is 0.768. The van der Waals surface area contributed by atoms with Crippen molar-refractivity contribution in [3.8, 4) is 0 Å². The van der Waals surface area contributed by atoms with E-state index in [1.54, 1.807) is 27.7 Å². The number of hydrogen-bond donors (Lipinski definition) is 10. The second kappa shape index (κ2) is 17.2. The van der Waals surface area contributed by atoms with Crippen molar-refractivity contribution in [1.82, 2.24) is 0 Å². The molecule has 16 unspecified atom stereocenters. The maximum absolute atomic E-state index is 11.2. The van der Waals surface area contributed by atoms with Crippen LogP contribution in [0.5, 0.6) is 0 Å². The van der Waals surface area contributed by atoms with Gasteiger partial charge in [-0.25, -0.2) is 0 Å². The molecule has 0 bridgehead atoms. The number of benzene rings is 1. The number of ether oxygens (including phenoxy) is 5. The first-order valence-electron chi connectivity index (χ1n) is 16.9. The molecule has 3 aliphatic heterocycles. The summed E-state index contributed by atoms with van der Waals surface area (Å²) in [5.41, 5.74) is -2.27. The molecule has 16 heteroatoms. The lowest BCUT2D eigenvalue weighted by molar-refractivity contribution is -0.390. The van der Waals surface area contributed by atoms with Crippen molar-refractivity contribution >= 4 is 11.8 Å². The molecule has 0 aromatic heterocycles. The average Bonchev–Trinajstić information content (AvgIpc) is 3.12. The fourth-order valence-electron chi connectivity index (χ4n) is 6.83. The largest absolute Gasteiger partial charge is 0.394 e. The lowest BCUT2D eigenvalue weighted by Gasteiger charge is -2.52. The standard InChI is InChI=1S/C33H54O15S/c1-5-16(4)33(29(43)26(40)21(35)18(13-34)48-33)45-15-19-22(36)24(38)27(41)30(46-19)32(6-2,7-3)44-14-20-23(37)25(39)28(42)31(47-20)49-17-11-9-8-10-12-17/h8-12,16,18-31,34-43H,5-7,13-15H2,1-4H3. The van der Waals surface area contributed by atoms with E-state index >= 15 is 0 Å². The molecule has 1 aromatic carbocycles. The zero-order valence-corrected chi connectivity index (χ0v) is 29.0. The molecule has 4 rings (SSSR count). The number of hydrogen-bond acceptors (Lipinski definition) is 16. The zero-order valence-electron chi connectivity index (χ0n) is 28.2. The summed E-state index contributed by atoms with van der Waals surface area (Å²) in [5.74, 6) is -2.54. The second-order valence-corrected chi connectivity index (χ2v) is 14.4. The third kappa shape index (κ3) is 8.15. The van der Waals surface area contributed by atoms with Gasteiger partial charge in [-0.05, 0) is 31.4 Å². The van der Waals surface area contributed by atoms with Gasteiger partial charge in [-0.15, -0.1) is 0 Å². The quantitative estimate of drug-likeness (QED) is 0.102. The molecule has 282 valence electrons. The SMILES string of the molecule is CCC(C)C1(OCC2OC(C(CC)(CC)OCC3OC(Sc4ccccc4)C(O)C(O)C3O)C(O)C(O)C2O)OC(CO)C(O)C(O)C1O. The maximum atomic E-state index is 11.2. The molecule has 3 heterocycles. The normalized spacial score (nSPS) is 42.6. The molecule has 1 aromatic rings. The Morgan fingerprint density at radius 2 is 1.31 bits per heavy atom. The highest BCUT2D eigenvalue weighted by molar-refractivity contribution is 7.99. The molecule has 49 heavy (non-hydrogen) atoms. The minimum atomic E-state index is -1.95. The van der Waals surface area contributed by atoms with Gasteiger partial charge >= 0.3 is 0 Å². The fraction of sp³-hybridized carbons (Fsp3) is 0.818. The summed E-state index contributed by atoms with van der Waals surface area (Å²) in [6.45, 7) is 5.48. The molecule has 0 saturated carbocycles. The summed E-state index contributed by atoms with van der Waals surface area (Å²) in [6, 6.07) is 9.08. The molecule has 0 amide bonds. The van der Waals surface area contributed by atoms with Crippen LogP contribution in [0.2, 0.25) is 0 Å². The van der Waals surface area contributed by atoms with Crippen LogP contribution in [0.25, 0.3) is 0 Å². The monoisotopic (exact) mass is 722 g/mol. The summed E-state index contributed by atoms with van der Waals surface area (Å²) >= 11 is 1.17. The van der Waals surface area contributed by atoms with Crippen LogP contribution in [0, 0.1) is 5.92 Å². The van der Waals surface area contributed by atoms with Gasteiger partial charge in [0, 0.05) is 10.8 Å². The Hall–Kier alpha value is -1.03. The molecule has 0 spiro atoms. The van der Waals surface area contributed by atoms with Gasteiger partial charge < -0.3 is 74.7 Å². The molecule has 3 aliphatic rings. The van der Waals surface area contributed by atoms with Gasteiger partial charge in [0.15, 0.2) is 5.79 Å². The molecule has 0 aliphatic carbocycles. The number of aliphatic hydroxyl groups is 10. The van der Waals surface area contributed by atoms with E-state index in [9.17, 15) is 51.1 Å². The fourth-order valence-corrected chi connectivity index (χ4v) is 7.91. The van der Waals surface area contributed by atoms with Crippen molar-refractivity contribution < 1.29 is 74.7 Å². The first-order valence-corrected chi connectivity index (χ1v) is 17.8. The molecule has 3 fully saturated rings. The van der Waals surface area contributed by atoms with Crippen molar-refractivity contribution in [3.63, 3.8) is 0 Å². The van der Waals surface area contributed by atoms with Crippen LogP contribution >= 0.6 is 11.8 Å². The van der Waals surface area contributed by atoms with Crippen molar-refractivity contribution in [3.05, 3.63) is 30.3 Å². The summed E-state index contributed by atoms with van der Waals surface area (Å²) < 4.78 is 30.5. The van der Waals surface area contributed by atoms with Gasteiger partial charge in [0.05, 0.1) is 25.4 Å². The summed E-state index contributed by atoms with van der Waals surface area (Å²) in [5, 5.41) is 107. The van der Waals surface area contributed by atoms with Crippen LogP contribution < -0.4 is 0 Å². The lowest BCUT2D eigenvalue weighted by atomic mass is 9.81. The Morgan fingerprint density at radius 3 is 1.88 bits per heavy atom. The van der Waals surface area contributed by atoms with E-state index in [1.807, 2.05) is 30.3 Å². The van der Waals surface area contributed by atoms with Gasteiger partial charge in [-0.1, -0.05) is 57.7 Å². The Morgan fingerprint density at radius 1 is 0.735 bits per heavy atom. The average molecular weight is 723 g/mol. The molecular formula is C33H54O15S. The minimum Gasteiger partial charge on any atom is -0.394 e. The molecule has 3 saturated heterocycles. The summed E-state index contributed by atoms with van der Waals surface area (Å²) in [7, 11) is 0. The van der Waals surface area contributed by atoms with Gasteiger partial charge in [-0.2, -0.15) is 0 Å². The van der Waals surface area contributed by atoms with Gasteiger partial charge in [0.25, 0.3) is 0 Å².